The molecule has 2 atom stereocenters. The van der Waals surface area contributed by atoms with Crippen LogP contribution in [0.2, 0.25) is 0 Å². The van der Waals surface area contributed by atoms with Crippen LogP contribution in [0.1, 0.15) is 0 Å². The Morgan fingerprint density at radius 2 is 0.581 bits per heavy atom. The third kappa shape index (κ3) is 6.16. The topological polar surface area (TPSA) is 0 Å². The predicted octanol–water partition coefficient (Wildman–Crippen LogP) is 6.69. The van der Waals surface area contributed by atoms with E-state index in [-0.39, 0.29) is 25.6 Å². The molecule has 0 fully saturated rings. The summed E-state index contributed by atoms with van der Waals surface area (Å²) in [5.41, 5.74) is 0. The van der Waals surface area contributed by atoms with E-state index < -0.39 is 15.8 Å². The van der Waals surface area contributed by atoms with Crippen LogP contribution in [0.3, 0.4) is 0 Å². The van der Waals surface area contributed by atoms with Crippen LogP contribution in [0.15, 0.2) is 121 Å². The van der Waals surface area contributed by atoms with Gasteiger partial charge >= 0.3 is 16.5 Å². The number of alkyl halides is 2. The predicted molar refractivity (Wildman–Crippen MR) is 144 cm³/mol. The molecule has 4 aromatic rings. The molecule has 0 nitrogen and oxygen atoms in total. The average Bonchev–Trinajstić information content (AvgIpc) is 2.82. The van der Waals surface area contributed by atoms with Gasteiger partial charge in [0.2, 0.25) is 0 Å². The molecule has 0 aromatic heterocycles. The van der Waals surface area contributed by atoms with Gasteiger partial charge in [0.05, 0.1) is 9.14 Å². The molecule has 5 heteroatoms. The SMILES string of the molecule is BrC(C(Br)P(c1ccccc1)c1ccccc1)P(c1ccccc1)c1ccccc1.[Ni+2]. The minimum absolute atomic E-state index is 0. The van der Waals surface area contributed by atoms with Crippen molar-refractivity contribution in [2.75, 3.05) is 0 Å². The summed E-state index contributed by atoms with van der Waals surface area (Å²) in [5.74, 6) is 0. The van der Waals surface area contributed by atoms with Crippen molar-refractivity contribution in [2.24, 2.45) is 0 Å². The summed E-state index contributed by atoms with van der Waals surface area (Å²) in [7, 11) is -1.16. The maximum atomic E-state index is 4.18. The Hall–Kier alpha value is -0.806. The van der Waals surface area contributed by atoms with Crippen molar-refractivity contribution in [3.63, 3.8) is 0 Å². The van der Waals surface area contributed by atoms with E-state index in [1.807, 2.05) is 0 Å². The molecule has 0 saturated carbocycles. The van der Waals surface area contributed by atoms with Crippen molar-refractivity contribution in [1.29, 1.82) is 0 Å². The van der Waals surface area contributed by atoms with Crippen LogP contribution in [0.25, 0.3) is 0 Å². The number of hydrogen-bond acceptors (Lipinski definition) is 0. The van der Waals surface area contributed by atoms with E-state index >= 15 is 0 Å². The van der Waals surface area contributed by atoms with Crippen molar-refractivity contribution in [1.82, 2.24) is 0 Å². The molecule has 2 unspecified atom stereocenters. The fourth-order valence-corrected chi connectivity index (χ4v) is 12.7. The zero-order valence-corrected chi connectivity index (χ0v) is 22.6. The summed E-state index contributed by atoms with van der Waals surface area (Å²) in [6.45, 7) is 0. The van der Waals surface area contributed by atoms with Crippen LogP contribution >= 0.6 is 47.7 Å². The van der Waals surface area contributed by atoms with Gasteiger partial charge in [-0.1, -0.05) is 153 Å². The fourth-order valence-electron chi connectivity index (χ4n) is 3.47. The third-order valence-corrected chi connectivity index (χ3v) is 15.1. The van der Waals surface area contributed by atoms with E-state index in [1.165, 1.54) is 21.2 Å². The van der Waals surface area contributed by atoms with E-state index in [1.54, 1.807) is 0 Å². The largest absolute Gasteiger partial charge is 2.00 e. The van der Waals surface area contributed by atoms with E-state index in [4.69, 9.17) is 0 Å². The minimum Gasteiger partial charge on any atom is -0.0816 e. The Labute approximate surface area is 214 Å². The van der Waals surface area contributed by atoms with Crippen LogP contribution in [-0.4, -0.2) is 9.14 Å². The first-order valence-electron chi connectivity index (χ1n) is 9.82. The molecule has 158 valence electrons. The Morgan fingerprint density at radius 1 is 0.387 bits per heavy atom. The fraction of sp³-hybridized carbons (Fsp3) is 0.0769. The zero-order chi connectivity index (χ0) is 20.8. The second-order valence-electron chi connectivity index (χ2n) is 6.83. The monoisotopic (exact) mass is 612 g/mol. The maximum absolute atomic E-state index is 4.18. The maximum Gasteiger partial charge on any atom is 2.00 e. The quantitative estimate of drug-likeness (QED) is 0.124. The molecule has 0 aliphatic rings. The van der Waals surface area contributed by atoms with Crippen LogP contribution in [0.4, 0.5) is 0 Å². The molecule has 4 aromatic carbocycles. The second kappa shape index (κ2) is 12.4. The summed E-state index contributed by atoms with van der Waals surface area (Å²) >= 11 is 8.35. The van der Waals surface area contributed by atoms with E-state index in [9.17, 15) is 0 Å². The van der Waals surface area contributed by atoms with Crippen LogP contribution in [0, 0.1) is 0 Å². The summed E-state index contributed by atoms with van der Waals surface area (Å²) in [6, 6.07) is 43.7. The van der Waals surface area contributed by atoms with Gasteiger partial charge in [0.25, 0.3) is 0 Å². The Kier molecular flexibility index (Phi) is 9.96. The number of halogens is 2. The van der Waals surface area contributed by atoms with Gasteiger partial charge in [0.15, 0.2) is 0 Å². The molecule has 0 aliphatic carbocycles. The summed E-state index contributed by atoms with van der Waals surface area (Å²) in [5, 5.41) is 5.56. The van der Waals surface area contributed by atoms with Crippen molar-refractivity contribution in [3.05, 3.63) is 121 Å². The third-order valence-electron chi connectivity index (χ3n) is 4.86. The summed E-state index contributed by atoms with van der Waals surface area (Å²) in [6.07, 6.45) is 0. The van der Waals surface area contributed by atoms with Gasteiger partial charge in [0, 0.05) is 0 Å². The normalized spacial score (nSPS) is 12.9. The smallest absolute Gasteiger partial charge is 0.0816 e. The van der Waals surface area contributed by atoms with E-state index in [2.05, 4.69) is 153 Å². The average molecular weight is 615 g/mol. The van der Waals surface area contributed by atoms with E-state index in [0.29, 0.717) is 0 Å². The molecule has 0 spiro atoms. The van der Waals surface area contributed by atoms with Gasteiger partial charge in [-0.3, -0.25) is 0 Å². The van der Waals surface area contributed by atoms with Crippen molar-refractivity contribution >= 4 is 68.9 Å². The van der Waals surface area contributed by atoms with Crippen molar-refractivity contribution in [2.45, 2.75) is 9.14 Å². The van der Waals surface area contributed by atoms with Gasteiger partial charge in [0.1, 0.15) is 0 Å². The molecule has 0 heterocycles. The molecule has 0 bridgehead atoms. The second-order valence-corrected chi connectivity index (χ2v) is 14.9. The van der Waals surface area contributed by atoms with Gasteiger partial charge < -0.3 is 0 Å². The molecule has 31 heavy (non-hydrogen) atoms. The van der Waals surface area contributed by atoms with Crippen molar-refractivity contribution < 1.29 is 16.5 Å². The first-order valence-corrected chi connectivity index (χ1v) is 14.5. The molecule has 4 rings (SSSR count). The van der Waals surface area contributed by atoms with Gasteiger partial charge in [-0.25, -0.2) is 0 Å². The zero-order valence-electron chi connectivity index (χ0n) is 16.7. The summed E-state index contributed by atoms with van der Waals surface area (Å²) < 4.78 is 0.563. The number of rotatable bonds is 7. The standard InChI is InChI=1S/C26H22Br2P2.Ni/c27-25(29(21-13-5-1-6-14-21)22-15-7-2-8-16-22)26(28)30(23-17-9-3-10-18-23)24-19-11-4-12-20-24;/h1-20,25-26H;/q;+2. The molecule has 0 N–H and O–H groups in total. The van der Waals surface area contributed by atoms with Crippen LogP contribution in [0.5, 0.6) is 0 Å². The Bertz CT molecular complexity index is 868. The van der Waals surface area contributed by atoms with Crippen LogP contribution < -0.4 is 21.2 Å². The van der Waals surface area contributed by atoms with Crippen LogP contribution in [-0.2, 0) is 16.5 Å². The van der Waals surface area contributed by atoms with Gasteiger partial charge in [-0.05, 0) is 37.1 Å². The van der Waals surface area contributed by atoms with E-state index in [0.717, 1.165) is 0 Å². The number of hydrogen-bond donors (Lipinski definition) is 0. The molecular weight excluding hydrogens is 593 g/mol. The van der Waals surface area contributed by atoms with Gasteiger partial charge in [-0.2, -0.15) is 0 Å². The minimum atomic E-state index is -0.579. The molecule has 0 aliphatic heterocycles. The first-order chi connectivity index (χ1) is 14.8. The molecule has 0 saturated heterocycles. The first kappa shape index (κ1) is 24.8. The summed E-state index contributed by atoms with van der Waals surface area (Å²) in [4.78, 5) is 0. The molecular formula is C26H22Br2NiP2+2. The van der Waals surface area contributed by atoms with Gasteiger partial charge in [-0.15, -0.1) is 0 Å². The molecule has 0 radical (unpaired) electrons. The number of benzene rings is 4. The van der Waals surface area contributed by atoms with Crippen molar-refractivity contribution in [3.8, 4) is 0 Å². The molecule has 0 amide bonds. The Morgan fingerprint density at radius 3 is 0.774 bits per heavy atom. The Balaban J connectivity index is 0.00000272.